The maximum absolute atomic E-state index is 10.7. The lowest BCUT2D eigenvalue weighted by Gasteiger charge is -2.06. The number of nitro groups is 1. The number of aryl methyl sites for hydroxylation is 1. The molecule has 2 rings (SSSR count). The Morgan fingerprint density at radius 3 is 2.82 bits per heavy atom. The highest BCUT2D eigenvalue weighted by atomic mass is 16.6. The second-order valence-corrected chi connectivity index (χ2v) is 4.01. The third-order valence-electron chi connectivity index (χ3n) is 2.53. The molecule has 0 fully saturated rings. The van der Waals surface area contributed by atoms with Gasteiger partial charge < -0.3 is 9.84 Å². The molecule has 1 N–H and O–H groups in total. The van der Waals surface area contributed by atoms with Crippen LogP contribution in [-0.2, 0) is 4.74 Å². The summed E-state index contributed by atoms with van der Waals surface area (Å²) in [6.45, 7) is 3.90. The van der Waals surface area contributed by atoms with Crippen LogP contribution < -0.4 is 0 Å². The zero-order chi connectivity index (χ0) is 12.6. The molecular weight excluding hydrogens is 224 g/mol. The number of phenolic OH excluding ortho intramolecular Hbond substituents is 1. The van der Waals surface area contributed by atoms with Crippen LogP contribution in [0, 0.1) is 17.0 Å². The number of phenols is 1. The van der Waals surface area contributed by atoms with E-state index in [0.29, 0.717) is 12.2 Å². The summed E-state index contributed by atoms with van der Waals surface area (Å²) >= 11 is 0. The molecule has 17 heavy (non-hydrogen) atoms. The molecule has 90 valence electrons. The summed E-state index contributed by atoms with van der Waals surface area (Å²) in [5, 5.41) is 20.6. The van der Waals surface area contributed by atoms with Crippen molar-refractivity contribution < 1.29 is 14.8 Å². The zero-order valence-electron chi connectivity index (χ0n) is 9.51. The van der Waals surface area contributed by atoms with Crippen LogP contribution in [0.2, 0.25) is 0 Å². The van der Waals surface area contributed by atoms with Crippen molar-refractivity contribution in [2.45, 2.75) is 19.9 Å². The quantitative estimate of drug-likeness (QED) is 0.626. The van der Waals surface area contributed by atoms with E-state index in [0.717, 1.165) is 0 Å². The maximum Gasteiger partial charge on any atom is 0.270 e. The molecule has 1 aromatic carbocycles. The number of hydrogen-bond donors (Lipinski definition) is 1. The van der Waals surface area contributed by atoms with E-state index >= 15 is 0 Å². The average Bonchev–Trinajstić information content (AvgIpc) is 2.68. The van der Waals surface area contributed by atoms with Crippen LogP contribution in [0.4, 0.5) is 5.69 Å². The lowest BCUT2D eigenvalue weighted by atomic mass is 10.1. The molecule has 0 spiro atoms. The summed E-state index contributed by atoms with van der Waals surface area (Å²) in [5.41, 5.74) is 0.627. The Kier molecular flexibility index (Phi) is 2.71. The fourth-order valence-corrected chi connectivity index (χ4v) is 1.65. The van der Waals surface area contributed by atoms with E-state index in [1.54, 1.807) is 6.92 Å². The van der Waals surface area contributed by atoms with Crippen molar-refractivity contribution in [2.75, 3.05) is 6.61 Å². The predicted molar refractivity (Wildman–Crippen MR) is 61.4 cm³/mol. The molecule has 6 heteroatoms. The highest BCUT2D eigenvalue weighted by Crippen LogP contribution is 2.29. The second kappa shape index (κ2) is 4.04. The summed E-state index contributed by atoms with van der Waals surface area (Å²) in [6.07, 6.45) is 0. The van der Waals surface area contributed by atoms with Gasteiger partial charge in [-0.3, -0.25) is 10.1 Å². The van der Waals surface area contributed by atoms with Crippen LogP contribution in [0.15, 0.2) is 17.1 Å². The maximum atomic E-state index is 10.7. The number of non-ortho nitro benzene ring substituents is 1. The highest BCUT2D eigenvalue weighted by molar-refractivity contribution is 5.98. The molecule has 0 bridgehead atoms. The first-order valence-corrected chi connectivity index (χ1v) is 5.18. The first-order chi connectivity index (χ1) is 7.99. The SMILES string of the molecule is Cc1cc([N+](=O)[O-])cc(C2=N[C@@H](C)CO2)c1O. The van der Waals surface area contributed by atoms with Gasteiger partial charge in [-0.2, -0.15) is 0 Å². The first-order valence-electron chi connectivity index (χ1n) is 5.18. The third-order valence-corrected chi connectivity index (χ3v) is 2.53. The number of hydrogen-bond acceptors (Lipinski definition) is 5. The molecule has 0 saturated carbocycles. The third kappa shape index (κ3) is 2.06. The number of rotatable bonds is 2. The molecule has 1 aromatic rings. The largest absolute Gasteiger partial charge is 0.507 e. The van der Waals surface area contributed by atoms with E-state index in [9.17, 15) is 15.2 Å². The number of nitro benzene ring substituents is 1. The van der Waals surface area contributed by atoms with Crippen molar-refractivity contribution in [1.82, 2.24) is 0 Å². The smallest absolute Gasteiger partial charge is 0.270 e. The van der Waals surface area contributed by atoms with E-state index < -0.39 is 4.92 Å². The fraction of sp³-hybridized carbons (Fsp3) is 0.364. The number of benzene rings is 1. The van der Waals surface area contributed by atoms with E-state index in [2.05, 4.69) is 4.99 Å². The molecule has 0 aromatic heterocycles. The average molecular weight is 236 g/mol. The molecule has 1 aliphatic rings. The van der Waals surface area contributed by atoms with Crippen LogP contribution in [0.5, 0.6) is 5.75 Å². The lowest BCUT2D eigenvalue weighted by molar-refractivity contribution is -0.384. The molecule has 0 amide bonds. The molecule has 1 aliphatic heterocycles. The van der Waals surface area contributed by atoms with Crippen molar-refractivity contribution in [3.63, 3.8) is 0 Å². The molecule has 1 atom stereocenters. The van der Waals surface area contributed by atoms with E-state index in [1.807, 2.05) is 6.92 Å². The molecule has 6 nitrogen and oxygen atoms in total. The number of aromatic hydroxyl groups is 1. The molecule has 1 heterocycles. The minimum absolute atomic E-state index is 0.00367. The molecule has 0 aliphatic carbocycles. The van der Waals surface area contributed by atoms with Gasteiger partial charge in [0.2, 0.25) is 5.90 Å². The van der Waals surface area contributed by atoms with Gasteiger partial charge in [0.15, 0.2) is 0 Å². The van der Waals surface area contributed by atoms with Crippen molar-refractivity contribution in [2.24, 2.45) is 4.99 Å². The van der Waals surface area contributed by atoms with Gasteiger partial charge in [0.05, 0.1) is 16.5 Å². The minimum Gasteiger partial charge on any atom is -0.507 e. The van der Waals surface area contributed by atoms with Gasteiger partial charge in [-0.25, -0.2) is 4.99 Å². The Labute approximate surface area is 97.7 Å². The van der Waals surface area contributed by atoms with Crippen molar-refractivity contribution in [1.29, 1.82) is 0 Å². The van der Waals surface area contributed by atoms with E-state index in [4.69, 9.17) is 4.74 Å². The second-order valence-electron chi connectivity index (χ2n) is 4.01. The number of nitrogens with zero attached hydrogens (tertiary/aromatic N) is 2. The summed E-state index contributed by atoms with van der Waals surface area (Å²) in [4.78, 5) is 14.4. The van der Waals surface area contributed by atoms with Gasteiger partial charge in [-0.15, -0.1) is 0 Å². The molecule has 0 unspecified atom stereocenters. The van der Waals surface area contributed by atoms with Crippen molar-refractivity contribution >= 4 is 11.6 Å². The Hall–Kier alpha value is -2.11. The van der Waals surface area contributed by atoms with Gasteiger partial charge in [-0.1, -0.05) is 0 Å². The topological polar surface area (TPSA) is 85.0 Å². The van der Waals surface area contributed by atoms with Crippen molar-refractivity contribution in [3.05, 3.63) is 33.4 Å². The predicted octanol–water partition coefficient (Wildman–Crippen LogP) is 1.77. The lowest BCUT2D eigenvalue weighted by Crippen LogP contribution is -2.04. The Morgan fingerprint density at radius 2 is 2.29 bits per heavy atom. The Morgan fingerprint density at radius 1 is 1.59 bits per heavy atom. The normalized spacial score (nSPS) is 18.7. The van der Waals surface area contributed by atoms with Crippen LogP contribution in [0.3, 0.4) is 0 Å². The minimum atomic E-state index is -0.505. The van der Waals surface area contributed by atoms with Gasteiger partial charge in [0, 0.05) is 12.1 Å². The van der Waals surface area contributed by atoms with Gasteiger partial charge in [0.1, 0.15) is 12.4 Å². The van der Waals surface area contributed by atoms with E-state index in [-0.39, 0.29) is 28.9 Å². The van der Waals surface area contributed by atoms with Crippen LogP contribution in [0.25, 0.3) is 0 Å². The molecule has 0 saturated heterocycles. The van der Waals surface area contributed by atoms with Gasteiger partial charge in [0.25, 0.3) is 5.69 Å². The zero-order valence-corrected chi connectivity index (χ0v) is 9.51. The Bertz CT molecular complexity index is 510. The number of ether oxygens (including phenoxy) is 1. The summed E-state index contributed by atoms with van der Waals surface area (Å²) in [5.74, 6) is 0.241. The van der Waals surface area contributed by atoms with Gasteiger partial charge >= 0.3 is 0 Å². The Balaban J connectivity index is 2.53. The van der Waals surface area contributed by atoms with Crippen molar-refractivity contribution in [3.8, 4) is 5.75 Å². The van der Waals surface area contributed by atoms with Crippen LogP contribution in [0.1, 0.15) is 18.1 Å². The summed E-state index contributed by atoms with van der Waals surface area (Å²) < 4.78 is 5.29. The standard InChI is InChI=1S/C11H12N2O4/c1-6-3-8(13(15)16)4-9(10(6)14)11-12-7(2)5-17-11/h3-4,7,14H,5H2,1-2H3/t7-/m0/s1. The van der Waals surface area contributed by atoms with Crippen LogP contribution >= 0.6 is 0 Å². The summed E-state index contributed by atoms with van der Waals surface area (Å²) in [7, 11) is 0. The first kappa shape index (κ1) is 11.4. The fourth-order valence-electron chi connectivity index (χ4n) is 1.65. The molecule has 0 radical (unpaired) electrons. The van der Waals surface area contributed by atoms with E-state index in [1.165, 1.54) is 12.1 Å². The molecular formula is C11H12N2O4. The summed E-state index contributed by atoms with van der Waals surface area (Å²) in [6, 6.07) is 2.60. The number of aliphatic imine (C=N–C) groups is 1. The highest BCUT2D eigenvalue weighted by Gasteiger charge is 2.23. The monoisotopic (exact) mass is 236 g/mol. The van der Waals surface area contributed by atoms with Gasteiger partial charge in [-0.05, 0) is 19.4 Å². The van der Waals surface area contributed by atoms with Crippen LogP contribution in [-0.4, -0.2) is 28.6 Å².